The average Bonchev–Trinajstić information content (AvgIpc) is 3.65. The molecule has 0 aliphatic heterocycles. The van der Waals surface area contributed by atoms with E-state index in [1.54, 1.807) is 0 Å². The number of fused-ring (bicyclic) bond motifs is 3. The topological polar surface area (TPSA) is 19.6 Å². The Bertz CT molecular complexity index is 2670. The van der Waals surface area contributed by atoms with Crippen molar-refractivity contribution in [2.75, 3.05) is 9.80 Å². The molecule has 3 nitrogen and oxygen atoms in total. The third-order valence-electron chi connectivity index (χ3n) is 13.2. The fraction of sp³-hybridized carbons (Fsp3) is 0.276. The van der Waals surface area contributed by atoms with Crippen molar-refractivity contribution >= 4 is 44.7 Å². The van der Waals surface area contributed by atoms with Gasteiger partial charge < -0.3 is 14.2 Å². The summed E-state index contributed by atoms with van der Waals surface area (Å²) < 4.78 is 6.20. The molecular weight excluding hydrogens is 741 g/mol. The summed E-state index contributed by atoms with van der Waals surface area (Å²) in [5.74, 6) is 0.764. The van der Waals surface area contributed by atoms with Crippen LogP contribution in [0.1, 0.15) is 104 Å². The average molecular weight is 803 g/mol. The van der Waals surface area contributed by atoms with Crippen molar-refractivity contribution in [3.63, 3.8) is 0 Å². The van der Waals surface area contributed by atoms with Crippen molar-refractivity contribution < 1.29 is 4.42 Å². The first-order valence-electron chi connectivity index (χ1n) is 22.5. The Labute approximate surface area is 364 Å². The standard InChI is InChI=1S/C58H62N2O/c1-9-38-57(6,7)59(52-36-37-56-54(40-52)53-18-14-15-19-55(53)61-56)50-32-28-47(29-33-50)46-26-22-44(23-27-46)42(5)58(8,39-10-2)60(49-16-12-11-13-17-49)51-34-30-48(31-35-51)45-24-20-43(21-25-45)41(3)4/h11-37,40-42H,9-10,38-39H2,1-8H3. The second-order valence-corrected chi connectivity index (χ2v) is 18.2. The van der Waals surface area contributed by atoms with Gasteiger partial charge in [0.2, 0.25) is 0 Å². The molecule has 0 radical (unpaired) electrons. The number of nitrogens with zero attached hydrogens (tertiary/aromatic N) is 2. The number of furan rings is 1. The van der Waals surface area contributed by atoms with Gasteiger partial charge in [0.1, 0.15) is 11.2 Å². The van der Waals surface area contributed by atoms with Crippen LogP contribution in [-0.4, -0.2) is 11.1 Å². The smallest absolute Gasteiger partial charge is 0.135 e. The molecule has 1 heterocycles. The summed E-state index contributed by atoms with van der Waals surface area (Å²) in [6.45, 7) is 18.7. The minimum atomic E-state index is -0.194. The van der Waals surface area contributed by atoms with Crippen LogP contribution >= 0.6 is 0 Å². The van der Waals surface area contributed by atoms with E-state index in [9.17, 15) is 0 Å². The fourth-order valence-electron chi connectivity index (χ4n) is 9.76. The zero-order valence-electron chi connectivity index (χ0n) is 37.5. The zero-order chi connectivity index (χ0) is 42.7. The van der Waals surface area contributed by atoms with Crippen LogP contribution in [0.25, 0.3) is 44.2 Å². The molecule has 0 amide bonds. The van der Waals surface area contributed by atoms with E-state index in [0.717, 1.165) is 47.6 Å². The first-order valence-corrected chi connectivity index (χ1v) is 22.5. The molecule has 2 unspecified atom stereocenters. The summed E-state index contributed by atoms with van der Waals surface area (Å²) in [7, 11) is 0. The minimum Gasteiger partial charge on any atom is -0.456 e. The van der Waals surface area contributed by atoms with Crippen LogP contribution in [0.5, 0.6) is 0 Å². The SMILES string of the molecule is CCCC(C)(C)N(c1ccc(-c2ccc(C(C)C(C)(CCC)N(c3ccccc3)c3ccc(-c4ccc(C(C)C)cc4)cc3)cc2)cc1)c1ccc2oc3ccccc3c2c1. The number of hydrogen-bond acceptors (Lipinski definition) is 3. The predicted molar refractivity (Wildman–Crippen MR) is 263 cm³/mol. The highest BCUT2D eigenvalue weighted by Crippen LogP contribution is 2.45. The molecule has 3 heteroatoms. The minimum absolute atomic E-state index is 0.0955. The summed E-state index contributed by atoms with van der Waals surface area (Å²) in [6.07, 6.45) is 4.28. The van der Waals surface area contributed by atoms with E-state index in [0.29, 0.717) is 5.92 Å². The van der Waals surface area contributed by atoms with Crippen molar-refractivity contribution in [1.29, 1.82) is 0 Å². The first-order chi connectivity index (χ1) is 29.5. The Morgan fingerprint density at radius 1 is 0.443 bits per heavy atom. The van der Waals surface area contributed by atoms with Crippen molar-refractivity contribution in [2.45, 2.75) is 104 Å². The monoisotopic (exact) mass is 802 g/mol. The summed E-state index contributed by atoms with van der Waals surface area (Å²) >= 11 is 0. The maximum Gasteiger partial charge on any atom is 0.135 e. The second kappa shape index (κ2) is 17.5. The lowest BCUT2D eigenvalue weighted by Crippen LogP contribution is -2.47. The van der Waals surface area contributed by atoms with Crippen LogP contribution in [0.3, 0.4) is 0 Å². The summed E-state index contributed by atoms with van der Waals surface area (Å²) in [5.41, 5.74) is 14.0. The molecule has 8 aromatic rings. The van der Waals surface area contributed by atoms with Gasteiger partial charge in [-0.2, -0.15) is 0 Å². The molecule has 7 aromatic carbocycles. The molecule has 1 aromatic heterocycles. The highest BCUT2D eigenvalue weighted by molar-refractivity contribution is 6.06. The van der Waals surface area contributed by atoms with Crippen LogP contribution in [0.15, 0.2) is 174 Å². The Morgan fingerprint density at radius 3 is 1.46 bits per heavy atom. The van der Waals surface area contributed by atoms with Crippen LogP contribution in [0.2, 0.25) is 0 Å². The Hall–Kier alpha value is -6.06. The normalized spacial score (nSPS) is 13.4. The zero-order valence-corrected chi connectivity index (χ0v) is 37.5. The Kier molecular flexibility index (Phi) is 12.0. The number of rotatable bonds is 15. The fourth-order valence-corrected chi connectivity index (χ4v) is 9.76. The number of hydrogen-bond donors (Lipinski definition) is 0. The maximum atomic E-state index is 6.20. The molecular formula is C58H62N2O. The molecule has 0 aliphatic rings. The van der Waals surface area contributed by atoms with Crippen LogP contribution in [0, 0.1) is 0 Å². The predicted octanol–water partition coefficient (Wildman–Crippen LogP) is 17.3. The Balaban J connectivity index is 1.08. The second-order valence-electron chi connectivity index (χ2n) is 18.2. The lowest BCUT2D eigenvalue weighted by molar-refractivity contribution is 0.358. The summed E-state index contributed by atoms with van der Waals surface area (Å²) in [5, 5.41) is 2.31. The van der Waals surface area contributed by atoms with E-state index in [1.807, 2.05) is 6.07 Å². The first kappa shape index (κ1) is 41.7. The molecule has 310 valence electrons. The molecule has 0 N–H and O–H groups in total. The van der Waals surface area contributed by atoms with Gasteiger partial charge in [-0.3, -0.25) is 0 Å². The lowest BCUT2D eigenvalue weighted by Gasteiger charge is -2.47. The lowest BCUT2D eigenvalue weighted by atomic mass is 9.76. The quantitative estimate of drug-likeness (QED) is 0.103. The van der Waals surface area contributed by atoms with Gasteiger partial charge in [-0.1, -0.05) is 157 Å². The van der Waals surface area contributed by atoms with E-state index in [2.05, 4.69) is 229 Å². The molecule has 0 saturated carbocycles. The molecule has 8 rings (SSSR count). The van der Waals surface area contributed by atoms with Gasteiger partial charge in [0.15, 0.2) is 0 Å². The highest BCUT2D eigenvalue weighted by atomic mass is 16.3. The van der Waals surface area contributed by atoms with E-state index in [4.69, 9.17) is 4.42 Å². The molecule has 0 bridgehead atoms. The van der Waals surface area contributed by atoms with Gasteiger partial charge >= 0.3 is 0 Å². The Morgan fingerprint density at radius 2 is 0.902 bits per heavy atom. The summed E-state index contributed by atoms with van der Waals surface area (Å²) in [6, 6.07) is 62.7. The van der Waals surface area contributed by atoms with Crippen molar-refractivity contribution in [1.82, 2.24) is 0 Å². The van der Waals surface area contributed by atoms with E-state index < -0.39 is 0 Å². The van der Waals surface area contributed by atoms with Crippen LogP contribution in [0.4, 0.5) is 22.7 Å². The largest absolute Gasteiger partial charge is 0.456 e. The highest BCUT2D eigenvalue weighted by Gasteiger charge is 2.39. The van der Waals surface area contributed by atoms with E-state index in [1.165, 1.54) is 56.1 Å². The van der Waals surface area contributed by atoms with Crippen molar-refractivity contribution in [3.8, 4) is 22.3 Å². The number of anilines is 4. The maximum absolute atomic E-state index is 6.20. The van der Waals surface area contributed by atoms with Gasteiger partial charge in [0.25, 0.3) is 0 Å². The molecule has 0 saturated heterocycles. The number of benzene rings is 7. The third kappa shape index (κ3) is 8.36. The summed E-state index contributed by atoms with van der Waals surface area (Å²) in [4.78, 5) is 5.11. The van der Waals surface area contributed by atoms with Gasteiger partial charge in [0.05, 0.1) is 0 Å². The van der Waals surface area contributed by atoms with Crippen molar-refractivity contribution in [3.05, 3.63) is 181 Å². The van der Waals surface area contributed by atoms with Gasteiger partial charge in [-0.05, 0) is 134 Å². The van der Waals surface area contributed by atoms with Crippen LogP contribution < -0.4 is 9.80 Å². The van der Waals surface area contributed by atoms with Crippen LogP contribution in [-0.2, 0) is 0 Å². The van der Waals surface area contributed by atoms with E-state index >= 15 is 0 Å². The number of para-hydroxylation sites is 2. The molecule has 2 atom stereocenters. The van der Waals surface area contributed by atoms with Gasteiger partial charge in [-0.25, -0.2) is 0 Å². The molecule has 0 aliphatic carbocycles. The molecule has 0 spiro atoms. The van der Waals surface area contributed by atoms with Gasteiger partial charge in [0, 0.05) is 50.5 Å². The van der Waals surface area contributed by atoms with Gasteiger partial charge in [-0.15, -0.1) is 0 Å². The molecule has 61 heavy (non-hydrogen) atoms. The van der Waals surface area contributed by atoms with E-state index in [-0.39, 0.29) is 17.0 Å². The van der Waals surface area contributed by atoms with Crippen molar-refractivity contribution in [2.24, 2.45) is 0 Å². The third-order valence-corrected chi connectivity index (χ3v) is 13.2. The molecule has 0 fully saturated rings.